The minimum absolute atomic E-state index is 0.00218. The van der Waals surface area contributed by atoms with Gasteiger partial charge in [-0.2, -0.15) is 0 Å². The molecular weight excluding hydrogens is 242 g/mol. The second-order valence-electron chi connectivity index (χ2n) is 4.79. The molecule has 2 N–H and O–H groups in total. The maximum absolute atomic E-state index is 12.4. The lowest BCUT2D eigenvalue weighted by Crippen LogP contribution is -2.38. The number of rotatable bonds is 2. The molecule has 0 spiro atoms. The number of amides is 1. The third-order valence-corrected chi connectivity index (χ3v) is 3.33. The van der Waals surface area contributed by atoms with E-state index in [1.54, 1.807) is 6.20 Å². The van der Waals surface area contributed by atoms with Gasteiger partial charge in [0.1, 0.15) is 6.54 Å². The zero-order valence-corrected chi connectivity index (χ0v) is 10.7. The van der Waals surface area contributed by atoms with Crippen molar-refractivity contribution >= 4 is 17.4 Å². The van der Waals surface area contributed by atoms with E-state index in [0.717, 1.165) is 12.1 Å². The van der Waals surface area contributed by atoms with Crippen LogP contribution in [-0.2, 0) is 17.8 Å². The van der Waals surface area contributed by atoms with Crippen LogP contribution in [0.2, 0.25) is 0 Å². The van der Waals surface area contributed by atoms with Gasteiger partial charge in [0.15, 0.2) is 5.82 Å². The Morgan fingerprint density at radius 2 is 2.26 bits per heavy atom. The molecule has 0 fully saturated rings. The Balaban J connectivity index is 1.84. The van der Waals surface area contributed by atoms with Crippen LogP contribution in [0, 0.1) is 0 Å². The SMILES string of the molecule is CC1Cc2ccccc2N1C(=O)Cn1cc(N)nn1. The van der Waals surface area contributed by atoms with Crippen LogP contribution in [0.4, 0.5) is 11.5 Å². The molecule has 1 unspecified atom stereocenters. The Hall–Kier alpha value is -2.37. The van der Waals surface area contributed by atoms with E-state index in [2.05, 4.69) is 16.4 Å². The van der Waals surface area contributed by atoms with Gasteiger partial charge in [0.05, 0.1) is 6.20 Å². The van der Waals surface area contributed by atoms with Gasteiger partial charge in [-0.05, 0) is 25.0 Å². The van der Waals surface area contributed by atoms with Crippen LogP contribution in [0.1, 0.15) is 12.5 Å². The van der Waals surface area contributed by atoms with Crippen LogP contribution in [-0.4, -0.2) is 26.9 Å². The van der Waals surface area contributed by atoms with E-state index in [9.17, 15) is 4.79 Å². The monoisotopic (exact) mass is 257 g/mol. The van der Waals surface area contributed by atoms with Crippen molar-refractivity contribution in [1.82, 2.24) is 15.0 Å². The topological polar surface area (TPSA) is 77.0 Å². The van der Waals surface area contributed by atoms with Gasteiger partial charge in [0.2, 0.25) is 5.91 Å². The highest BCUT2D eigenvalue weighted by molar-refractivity contribution is 5.96. The molecule has 1 aromatic carbocycles. The fraction of sp³-hybridized carbons (Fsp3) is 0.308. The van der Waals surface area contributed by atoms with Crippen LogP contribution in [0.25, 0.3) is 0 Å². The van der Waals surface area contributed by atoms with E-state index in [1.807, 2.05) is 30.0 Å². The molecule has 1 aliphatic heterocycles. The Kier molecular flexibility index (Phi) is 2.70. The summed E-state index contributed by atoms with van der Waals surface area (Å²) < 4.78 is 1.46. The van der Waals surface area contributed by atoms with Crippen molar-refractivity contribution in [3.8, 4) is 0 Å². The zero-order valence-electron chi connectivity index (χ0n) is 10.7. The quantitative estimate of drug-likeness (QED) is 0.864. The van der Waals surface area contributed by atoms with Crippen molar-refractivity contribution in [1.29, 1.82) is 0 Å². The van der Waals surface area contributed by atoms with Crippen LogP contribution >= 0.6 is 0 Å². The summed E-state index contributed by atoms with van der Waals surface area (Å²) in [5, 5.41) is 7.48. The van der Waals surface area contributed by atoms with Crippen molar-refractivity contribution in [3.63, 3.8) is 0 Å². The Labute approximate surface area is 110 Å². The van der Waals surface area contributed by atoms with Crippen molar-refractivity contribution in [2.75, 3.05) is 10.6 Å². The number of para-hydroxylation sites is 1. The van der Waals surface area contributed by atoms with Crippen LogP contribution in [0.15, 0.2) is 30.5 Å². The van der Waals surface area contributed by atoms with Crippen LogP contribution < -0.4 is 10.6 Å². The first-order valence-corrected chi connectivity index (χ1v) is 6.20. The molecule has 6 nitrogen and oxygen atoms in total. The van der Waals surface area contributed by atoms with E-state index >= 15 is 0 Å². The number of fused-ring (bicyclic) bond motifs is 1. The summed E-state index contributed by atoms with van der Waals surface area (Å²) in [5.41, 5.74) is 7.70. The Morgan fingerprint density at radius 1 is 1.47 bits per heavy atom. The van der Waals surface area contributed by atoms with Crippen molar-refractivity contribution < 1.29 is 4.79 Å². The lowest BCUT2D eigenvalue weighted by Gasteiger charge is -2.22. The van der Waals surface area contributed by atoms with Gasteiger partial charge in [-0.25, -0.2) is 4.68 Å². The average Bonchev–Trinajstić information content (AvgIpc) is 2.91. The molecule has 1 aromatic heterocycles. The van der Waals surface area contributed by atoms with Gasteiger partial charge in [-0.1, -0.05) is 23.4 Å². The molecule has 2 aromatic rings. The minimum Gasteiger partial charge on any atom is -0.381 e. The summed E-state index contributed by atoms with van der Waals surface area (Å²) in [6.07, 6.45) is 2.45. The molecule has 19 heavy (non-hydrogen) atoms. The fourth-order valence-electron chi connectivity index (χ4n) is 2.55. The second kappa shape index (κ2) is 4.38. The van der Waals surface area contributed by atoms with E-state index in [0.29, 0.717) is 5.82 Å². The summed E-state index contributed by atoms with van der Waals surface area (Å²) in [6.45, 7) is 2.20. The van der Waals surface area contributed by atoms with Crippen LogP contribution in [0.3, 0.4) is 0 Å². The van der Waals surface area contributed by atoms with Crippen molar-refractivity contribution in [3.05, 3.63) is 36.0 Å². The maximum atomic E-state index is 12.4. The molecule has 0 bridgehead atoms. The number of anilines is 2. The molecule has 2 heterocycles. The third kappa shape index (κ3) is 2.05. The largest absolute Gasteiger partial charge is 0.381 e. The summed E-state index contributed by atoms with van der Waals surface area (Å²) in [6, 6.07) is 8.16. The summed E-state index contributed by atoms with van der Waals surface area (Å²) in [5.74, 6) is 0.324. The number of carbonyl (C=O) groups excluding carboxylic acids is 1. The van der Waals surface area contributed by atoms with Gasteiger partial charge < -0.3 is 10.6 Å². The first-order chi connectivity index (χ1) is 9.15. The van der Waals surface area contributed by atoms with E-state index in [1.165, 1.54) is 10.2 Å². The van der Waals surface area contributed by atoms with E-state index in [4.69, 9.17) is 5.73 Å². The maximum Gasteiger partial charge on any atom is 0.249 e. The molecule has 0 aliphatic carbocycles. The molecule has 0 saturated heterocycles. The van der Waals surface area contributed by atoms with Gasteiger partial charge in [0, 0.05) is 11.7 Å². The van der Waals surface area contributed by atoms with Gasteiger partial charge in [0.25, 0.3) is 0 Å². The number of nitrogen functional groups attached to an aromatic ring is 1. The average molecular weight is 257 g/mol. The summed E-state index contributed by atoms with van der Waals surface area (Å²) in [4.78, 5) is 14.2. The highest BCUT2D eigenvalue weighted by atomic mass is 16.2. The highest BCUT2D eigenvalue weighted by Crippen LogP contribution is 2.31. The first-order valence-electron chi connectivity index (χ1n) is 6.20. The number of benzene rings is 1. The van der Waals surface area contributed by atoms with Gasteiger partial charge >= 0.3 is 0 Å². The predicted octanol–water partition coefficient (Wildman–Crippen LogP) is 0.838. The lowest BCUT2D eigenvalue weighted by molar-refractivity contribution is -0.119. The van der Waals surface area contributed by atoms with Crippen molar-refractivity contribution in [2.24, 2.45) is 0 Å². The first kappa shape index (κ1) is 11.7. The van der Waals surface area contributed by atoms with E-state index < -0.39 is 0 Å². The number of hydrogen-bond donors (Lipinski definition) is 1. The number of nitrogens with zero attached hydrogens (tertiary/aromatic N) is 4. The molecule has 1 atom stereocenters. The normalized spacial score (nSPS) is 17.5. The summed E-state index contributed by atoms with van der Waals surface area (Å²) in [7, 11) is 0. The van der Waals surface area contributed by atoms with Gasteiger partial charge in [-0.15, -0.1) is 5.10 Å². The molecule has 0 saturated carbocycles. The molecule has 1 amide bonds. The molecule has 98 valence electrons. The Morgan fingerprint density at radius 3 is 3.00 bits per heavy atom. The molecule has 0 radical (unpaired) electrons. The number of carbonyl (C=O) groups is 1. The predicted molar refractivity (Wildman–Crippen MR) is 71.5 cm³/mol. The minimum atomic E-state index is 0.00218. The van der Waals surface area contributed by atoms with Gasteiger partial charge in [-0.3, -0.25) is 4.79 Å². The fourth-order valence-corrected chi connectivity index (χ4v) is 2.55. The van der Waals surface area contributed by atoms with Crippen molar-refractivity contribution in [2.45, 2.75) is 25.9 Å². The number of nitrogens with two attached hydrogens (primary N) is 1. The third-order valence-electron chi connectivity index (χ3n) is 3.33. The molecule has 3 rings (SSSR count). The second-order valence-corrected chi connectivity index (χ2v) is 4.79. The number of aromatic nitrogens is 3. The van der Waals surface area contributed by atoms with Crippen LogP contribution in [0.5, 0.6) is 0 Å². The Bertz CT molecular complexity index is 621. The molecular formula is C13H15N5O. The summed E-state index contributed by atoms with van der Waals surface area (Å²) >= 11 is 0. The standard InChI is InChI=1S/C13H15N5O/c1-9-6-10-4-2-3-5-11(10)18(9)13(19)8-17-7-12(14)15-16-17/h2-5,7,9H,6,8,14H2,1H3. The smallest absolute Gasteiger partial charge is 0.249 e. The zero-order chi connectivity index (χ0) is 13.4. The molecule has 6 heteroatoms. The lowest BCUT2D eigenvalue weighted by atomic mass is 10.1. The number of hydrogen-bond acceptors (Lipinski definition) is 4. The molecule has 1 aliphatic rings. The van der Waals surface area contributed by atoms with E-state index in [-0.39, 0.29) is 18.5 Å². The highest BCUT2D eigenvalue weighted by Gasteiger charge is 2.30.